The van der Waals surface area contributed by atoms with E-state index < -0.39 is 0 Å². The van der Waals surface area contributed by atoms with Crippen molar-refractivity contribution in [3.05, 3.63) is 17.0 Å². The largest absolute Gasteiger partial charge is 0.392 e. The summed E-state index contributed by atoms with van der Waals surface area (Å²) in [6.45, 7) is 4.09. The summed E-state index contributed by atoms with van der Waals surface area (Å²) in [4.78, 5) is 0. The molecule has 0 bridgehead atoms. The number of methoxy groups -OCH3 is 1. The average Bonchev–Trinajstić information content (AvgIpc) is 2.64. The van der Waals surface area contributed by atoms with Gasteiger partial charge in [0.15, 0.2) is 0 Å². The molecule has 2 unspecified atom stereocenters. The van der Waals surface area contributed by atoms with Crippen LogP contribution in [0.1, 0.15) is 48.7 Å². The average molecular weight is 238 g/mol. The van der Waals surface area contributed by atoms with Gasteiger partial charge in [0.25, 0.3) is 0 Å². The first kappa shape index (κ1) is 12.6. The van der Waals surface area contributed by atoms with E-state index in [0.29, 0.717) is 12.1 Å². The first-order valence-electron chi connectivity index (χ1n) is 6.35. The standard InChI is InChI=1S/C13H22N2O2/c1-9-13(8-16)10(2)15(14-9)11-5-4-6-12(7-11)17-3/h11-12,16H,4-8H2,1-3H3. The van der Waals surface area contributed by atoms with E-state index in [9.17, 15) is 5.11 Å². The van der Waals surface area contributed by atoms with Crippen LogP contribution in [-0.4, -0.2) is 28.1 Å². The summed E-state index contributed by atoms with van der Waals surface area (Å²) in [6.07, 6.45) is 4.89. The molecule has 1 fully saturated rings. The molecule has 17 heavy (non-hydrogen) atoms. The molecular formula is C13H22N2O2. The van der Waals surface area contributed by atoms with Crippen molar-refractivity contribution in [2.24, 2.45) is 0 Å². The van der Waals surface area contributed by atoms with Gasteiger partial charge in [0.2, 0.25) is 0 Å². The summed E-state index contributed by atoms with van der Waals surface area (Å²) in [5.74, 6) is 0. The van der Waals surface area contributed by atoms with Gasteiger partial charge in [-0.2, -0.15) is 5.10 Å². The highest BCUT2D eigenvalue weighted by Gasteiger charge is 2.25. The molecule has 1 aliphatic rings. The summed E-state index contributed by atoms with van der Waals surface area (Å²) in [7, 11) is 1.79. The highest BCUT2D eigenvalue weighted by atomic mass is 16.5. The molecule has 4 heteroatoms. The molecule has 1 aliphatic carbocycles. The van der Waals surface area contributed by atoms with Crippen molar-refractivity contribution in [2.75, 3.05) is 7.11 Å². The van der Waals surface area contributed by atoms with Gasteiger partial charge in [-0.05, 0) is 39.5 Å². The molecule has 0 radical (unpaired) electrons. The lowest BCUT2D eigenvalue weighted by atomic mass is 9.93. The predicted molar refractivity (Wildman–Crippen MR) is 65.9 cm³/mol. The highest BCUT2D eigenvalue weighted by Crippen LogP contribution is 2.31. The predicted octanol–water partition coefficient (Wildman–Crippen LogP) is 2.12. The van der Waals surface area contributed by atoms with Crippen LogP contribution in [0, 0.1) is 13.8 Å². The van der Waals surface area contributed by atoms with E-state index in [1.165, 1.54) is 6.42 Å². The van der Waals surface area contributed by atoms with Crippen LogP contribution in [0.2, 0.25) is 0 Å². The molecule has 1 aromatic rings. The fourth-order valence-electron chi connectivity index (χ4n) is 2.84. The summed E-state index contributed by atoms with van der Waals surface area (Å²) >= 11 is 0. The van der Waals surface area contributed by atoms with Crippen molar-refractivity contribution in [2.45, 2.75) is 58.3 Å². The van der Waals surface area contributed by atoms with Crippen LogP contribution in [0.4, 0.5) is 0 Å². The Bertz CT molecular complexity index is 387. The molecule has 1 N–H and O–H groups in total. The quantitative estimate of drug-likeness (QED) is 0.877. The van der Waals surface area contributed by atoms with E-state index in [0.717, 1.165) is 36.2 Å². The van der Waals surface area contributed by atoms with Crippen molar-refractivity contribution in [3.8, 4) is 0 Å². The van der Waals surface area contributed by atoms with E-state index >= 15 is 0 Å². The lowest BCUT2D eigenvalue weighted by Gasteiger charge is -2.29. The molecule has 2 rings (SSSR count). The minimum Gasteiger partial charge on any atom is -0.392 e. The Labute approximate surface area is 103 Å². The first-order chi connectivity index (χ1) is 8.17. The Balaban J connectivity index is 2.22. The van der Waals surface area contributed by atoms with Crippen molar-refractivity contribution in [3.63, 3.8) is 0 Å². The van der Waals surface area contributed by atoms with Gasteiger partial charge in [0, 0.05) is 18.4 Å². The second-order valence-corrected chi connectivity index (χ2v) is 4.93. The summed E-state index contributed by atoms with van der Waals surface area (Å²) < 4.78 is 7.54. The van der Waals surface area contributed by atoms with Gasteiger partial charge < -0.3 is 9.84 Å². The number of nitrogens with zero attached hydrogens (tertiary/aromatic N) is 2. The summed E-state index contributed by atoms with van der Waals surface area (Å²) in [6, 6.07) is 0.424. The van der Waals surface area contributed by atoms with Gasteiger partial charge in [0.05, 0.1) is 24.4 Å². The molecule has 0 spiro atoms. The van der Waals surface area contributed by atoms with Gasteiger partial charge in [-0.15, -0.1) is 0 Å². The molecule has 0 amide bonds. The lowest BCUT2D eigenvalue weighted by Crippen LogP contribution is -2.25. The lowest BCUT2D eigenvalue weighted by molar-refractivity contribution is 0.0503. The minimum absolute atomic E-state index is 0.0814. The Morgan fingerprint density at radius 2 is 2.18 bits per heavy atom. The SMILES string of the molecule is COC1CCCC(n2nc(C)c(CO)c2C)C1. The van der Waals surface area contributed by atoms with Crippen LogP contribution < -0.4 is 0 Å². The van der Waals surface area contributed by atoms with Gasteiger partial charge in [-0.3, -0.25) is 4.68 Å². The van der Waals surface area contributed by atoms with E-state index in [1.54, 1.807) is 7.11 Å². The maximum atomic E-state index is 9.33. The molecular weight excluding hydrogens is 216 g/mol. The Morgan fingerprint density at radius 1 is 1.41 bits per heavy atom. The third-order valence-corrected chi connectivity index (χ3v) is 3.91. The number of aliphatic hydroxyl groups excluding tert-OH is 1. The fraction of sp³-hybridized carbons (Fsp3) is 0.769. The smallest absolute Gasteiger partial charge is 0.0718 e. The van der Waals surface area contributed by atoms with Gasteiger partial charge >= 0.3 is 0 Å². The normalized spacial score (nSPS) is 25.2. The third kappa shape index (κ3) is 2.38. The number of aliphatic hydroxyl groups is 1. The summed E-state index contributed by atoms with van der Waals surface area (Å²) in [5.41, 5.74) is 3.03. The number of rotatable bonds is 3. The zero-order valence-electron chi connectivity index (χ0n) is 10.9. The molecule has 2 atom stereocenters. The van der Waals surface area contributed by atoms with Crippen molar-refractivity contribution < 1.29 is 9.84 Å². The monoisotopic (exact) mass is 238 g/mol. The number of aromatic nitrogens is 2. The number of hydrogen-bond donors (Lipinski definition) is 1. The van der Waals surface area contributed by atoms with E-state index in [4.69, 9.17) is 4.74 Å². The van der Waals surface area contributed by atoms with Crippen LogP contribution in [0.3, 0.4) is 0 Å². The highest BCUT2D eigenvalue weighted by molar-refractivity contribution is 5.24. The first-order valence-corrected chi connectivity index (χ1v) is 6.35. The van der Waals surface area contributed by atoms with Crippen LogP contribution in [0.5, 0.6) is 0 Å². The maximum absolute atomic E-state index is 9.33. The molecule has 0 aromatic carbocycles. The molecule has 0 saturated heterocycles. The number of aryl methyl sites for hydroxylation is 1. The zero-order chi connectivity index (χ0) is 12.4. The topological polar surface area (TPSA) is 47.3 Å². The van der Waals surface area contributed by atoms with Crippen molar-refractivity contribution in [1.82, 2.24) is 9.78 Å². The minimum atomic E-state index is 0.0814. The molecule has 0 aliphatic heterocycles. The molecule has 1 saturated carbocycles. The van der Waals surface area contributed by atoms with Crippen LogP contribution in [0.25, 0.3) is 0 Å². The molecule has 96 valence electrons. The van der Waals surface area contributed by atoms with Gasteiger partial charge in [-0.1, -0.05) is 0 Å². The van der Waals surface area contributed by atoms with Gasteiger partial charge in [-0.25, -0.2) is 0 Å². The summed E-state index contributed by atoms with van der Waals surface area (Å²) in [5, 5.41) is 13.9. The van der Waals surface area contributed by atoms with E-state index in [2.05, 4.69) is 9.78 Å². The van der Waals surface area contributed by atoms with Crippen LogP contribution in [-0.2, 0) is 11.3 Å². The van der Waals surface area contributed by atoms with Crippen molar-refractivity contribution in [1.29, 1.82) is 0 Å². The molecule has 1 heterocycles. The fourth-order valence-corrected chi connectivity index (χ4v) is 2.84. The zero-order valence-corrected chi connectivity index (χ0v) is 10.9. The second-order valence-electron chi connectivity index (χ2n) is 4.93. The van der Waals surface area contributed by atoms with Crippen LogP contribution in [0.15, 0.2) is 0 Å². The molecule has 4 nitrogen and oxygen atoms in total. The van der Waals surface area contributed by atoms with E-state index in [-0.39, 0.29) is 6.61 Å². The third-order valence-electron chi connectivity index (χ3n) is 3.91. The number of ether oxygens (including phenoxy) is 1. The Morgan fingerprint density at radius 3 is 2.76 bits per heavy atom. The van der Waals surface area contributed by atoms with E-state index in [1.807, 2.05) is 13.8 Å². The van der Waals surface area contributed by atoms with Gasteiger partial charge in [0.1, 0.15) is 0 Å². The Kier molecular flexibility index (Phi) is 3.84. The van der Waals surface area contributed by atoms with Crippen molar-refractivity contribution >= 4 is 0 Å². The van der Waals surface area contributed by atoms with Crippen LogP contribution >= 0.6 is 0 Å². The Hall–Kier alpha value is -0.870. The second kappa shape index (κ2) is 5.19. The number of hydrogen-bond acceptors (Lipinski definition) is 3. The molecule has 1 aromatic heterocycles. The maximum Gasteiger partial charge on any atom is 0.0718 e.